The van der Waals surface area contributed by atoms with Crippen LogP contribution >= 0.6 is 27.5 Å². The second-order valence-corrected chi connectivity index (χ2v) is 5.21. The normalized spacial score (nSPS) is 10.2. The van der Waals surface area contributed by atoms with E-state index in [2.05, 4.69) is 21.2 Å². The van der Waals surface area contributed by atoms with E-state index in [0.29, 0.717) is 20.9 Å². The van der Waals surface area contributed by atoms with Crippen molar-refractivity contribution >= 4 is 39.1 Å². The molecule has 0 aliphatic heterocycles. The van der Waals surface area contributed by atoms with E-state index in [1.807, 2.05) is 0 Å². The first-order valence-corrected chi connectivity index (χ1v) is 6.85. The second kappa shape index (κ2) is 6.72. The van der Waals surface area contributed by atoms with Crippen molar-refractivity contribution in [1.29, 1.82) is 0 Å². The molecule has 0 aromatic heterocycles. The fourth-order valence-electron chi connectivity index (χ4n) is 1.46. The molecule has 2 aromatic rings. The van der Waals surface area contributed by atoms with Crippen LogP contribution in [0.2, 0.25) is 5.02 Å². The van der Waals surface area contributed by atoms with E-state index in [9.17, 15) is 9.18 Å². The zero-order chi connectivity index (χ0) is 14.5. The van der Waals surface area contributed by atoms with Gasteiger partial charge in [0.15, 0.2) is 6.61 Å². The summed E-state index contributed by atoms with van der Waals surface area (Å²) in [5.41, 5.74) is 0.356. The summed E-state index contributed by atoms with van der Waals surface area (Å²) in [6, 6.07) is 10.7. The van der Waals surface area contributed by atoms with E-state index in [0.717, 1.165) is 0 Å². The molecule has 0 spiro atoms. The number of amides is 1. The van der Waals surface area contributed by atoms with Crippen molar-refractivity contribution in [2.45, 2.75) is 0 Å². The molecule has 3 nitrogen and oxygen atoms in total. The molecule has 0 bridgehead atoms. The van der Waals surface area contributed by atoms with Gasteiger partial charge in [0.25, 0.3) is 5.91 Å². The number of carbonyl (C=O) groups is 1. The lowest BCUT2D eigenvalue weighted by molar-refractivity contribution is -0.118. The van der Waals surface area contributed by atoms with Gasteiger partial charge in [-0.2, -0.15) is 0 Å². The Hall–Kier alpha value is -1.59. The molecule has 0 fully saturated rings. The summed E-state index contributed by atoms with van der Waals surface area (Å²) in [5, 5.41) is 3.14. The second-order valence-electron chi connectivity index (χ2n) is 3.91. The monoisotopic (exact) mass is 357 g/mol. The Morgan fingerprint density at radius 3 is 2.65 bits per heavy atom. The van der Waals surface area contributed by atoms with Gasteiger partial charge in [-0.15, -0.1) is 0 Å². The summed E-state index contributed by atoms with van der Waals surface area (Å²) in [6.45, 7) is -0.176. The molecule has 1 N–H and O–H groups in total. The molecular formula is C14H10BrClFNO2. The van der Waals surface area contributed by atoms with Crippen molar-refractivity contribution in [3.8, 4) is 5.75 Å². The van der Waals surface area contributed by atoms with Crippen molar-refractivity contribution in [1.82, 2.24) is 0 Å². The SMILES string of the molecule is O=C(COc1ccc(Cl)cc1)Nc1cc(F)ccc1Br. The lowest BCUT2D eigenvalue weighted by Crippen LogP contribution is -2.20. The highest BCUT2D eigenvalue weighted by Gasteiger charge is 2.07. The van der Waals surface area contributed by atoms with Crippen LogP contribution in [0.1, 0.15) is 0 Å². The molecule has 0 heterocycles. The zero-order valence-corrected chi connectivity index (χ0v) is 12.5. The van der Waals surface area contributed by atoms with E-state index < -0.39 is 5.82 Å². The summed E-state index contributed by atoms with van der Waals surface area (Å²) in [7, 11) is 0. The maximum atomic E-state index is 13.1. The van der Waals surface area contributed by atoms with E-state index in [1.165, 1.54) is 18.2 Å². The Morgan fingerprint density at radius 2 is 1.95 bits per heavy atom. The molecule has 0 unspecified atom stereocenters. The number of carbonyl (C=O) groups excluding carboxylic acids is 1. The van der Waals surface area contributed by atoms with Gasteiger partial charge in [0.05, 0.1) is 5.69 Å². The van der Waals surface area contributed by atoms with Crippen LogP contribution in [0.3, 0.4) is 0 Å². The predicted octanol–water partition coefficient (Wildman–Crippen LogP) is 4.26. The Kier molecular flexibility index (Phi) is 4.98. The summed E-state index contributed by atoms with van der Waals surface area (Å²) in [5.74, 6) is -0.281. The Morgan fingerprint density at radius 1 is 1.25 bits per heavy atom. The average Bonchev–Trinajstić information content (AvgIpc) is 2.42. The number of ether oxygens (including phenoxy) is 1. The van der Waals surface area contributed by atoms with Gasteiger partial charge >= 0.3 is 0 Å². The first kappa shape index (κ1) is 14.8. The number of hydrogen-bond acceptors (Lipinski definition) is 2. The van der Waals surface area contributed by atoms with Gasteiger partial charge in [-0.05, 0) is 58.4 Å². The fourth-order valence-corrected chi connectivity index (χ4v) is 1.93. The zero-order valence-electron chi connectivity index (χ0n) is 10.2. The lowest BCUT2D eigenvalue weighted by atomic mass is 10.3. The summed E-state index contributed by atoms with van der Waals surface area (Å²) < 4.78 is 19.0. The number of nitrogens with one attached hydrogen (secondary N) is 1. The van der Waals surface area contributed by atoms with Crippen LogP contribution in [0.5, 0.6) is 5.75 Å². The molecule has 20 heavy (non-hydrogen) atoms. The third-order valence-electron chi connectivity index (χ3n) is 2.39. The van der Waals surface area contributed by atoms with Crippen LogP contribution in [-0.4, -0.2) is 12.5 Å². The van der Waals surface area contributed by atoms with Crippen LogP contribution in [0.4, 0.5) is 10.1 Å². The topological polar surface area (TPSA) is 38.3 Å². The molecule has 104 valence electrons. The number of benzene rings is 2. The molecule has 6 heteroatoms. The van der Waals surface area contributed by atoms with Gasteiger partial charge < -0.3 is 10.1 Å². The van der Waals surface area contributed by atoms with Gasteiger partial charge in [-0.3, -0.25) is 4.79 Å². The molecular weight excluding hydrogens is 349 g/mol. The highest BCUT2D eigenvalue weighted by Crippen LogP contribution is 2.23. The van der Waals surface area contributed by atoms with E-state index in [-0.39, 0.29) is 12.5 Å². The summed E-state index contributed by atoms with van der Waals surface area (Å²) >= 11 is 8.96. The van der Waals surface area contributed by atoms with E-state index in [1.54, 1.807) is 24.3 Å². The smallest absolute Gasteiger partial charge is 0.262 e. The Balaban J connectivity index is 1.92. The van der Waals surface area contributed by atoms with Gasteiger partial charge in [0, 0.05) is 9.50 Å². The van der Waals surface area contributed by atoms with Crippen molar-refractivity contribution < 1.29 is 13.9 Å². The maximum Gasteiger partial charge on any atom is 0.262 e. The predicted molar refractivity (Wildman–Crippen MR) is 79.7 cm³/mol. The van der Waals surface area contributed by atoms with Gasteiger partial charge in [-0.25, -0.2) is 4.39 Å². The van der Waals surface area contributed by atoms with Crippen LogP contribution in [0, 0.1) is 5.82 Å². The van der Waals surface area contributed by atoms with Crippen LogP contribution in [0.15, 0.2) is 46.9 Å². The molecule has 0 saturated heterocycles. The molecule has 0 saturated carbocycles. The minimum absolute atomic E-state index is 0.176. The average molecular weight is 359 g/mol. The highest BCUT2D eigenvalue weighted by atomic mass is 79.9. The molecule has 2 aromatic carbocycles. The molecule has 0 aliphatic carbocycles. The fraction of sp³-hybridized carbons (Fsp3) is 0.0714. The molecule has 1 amide bonds. The Bertz CT molecular complexity index is 619. The standard InChI is InChI=1S/C14H10BrClFNO2/c15-12-6-3-10(17)7-13(12)18-14(19)8-20-11-4-1-9(16)2-5-11/h1-7H,8H2,(H,18,19). The van der Waals surface area contributed by atoms with E-state index >= 15 is 0 Å². The van der Waals surface area contributed by atoms with E-state index in [4.69, 9.17) is 16.3 Å². The first-order valence-electron chi connectivity index (χ1n) is 5.68. The largest absolute Gasteiger partial charge is 0.484 e. The minimum atomic E-state index is -0.429. The number of hydrogen-bond donors (Lipinski definition) is 1. The molecule has 0 radical (unpaired) electrons. The van der Waals surface area contributed by atoms with Crippen molar-refractivity contribution in [2.24, 2.45) is 0 Å². The summed E-state index contributed by atoms with van der Waals surface area (Å²) in [6.07, 6.45) is 0. The van der Waals surface area contributed by atoms with Crippen LogP contribution in [-0.2, 0) is 4.79 Å². The highest BCUT2D eigenvalue weighted by molar-refractivity contribution is 9.10. The maximum absolute atomic E-state index is 13.1. The molecule has 2 rings (SSSR count). The third-order valence-corrected chi connectivity index (χ3v) is 3.33. The Labute approximate surface area is 128 Å². The molecule has 0 aliphatic rings. The number of anilines is 1. The van der Waals surface area contributed by atoms with Crippen molar-refractivity contribution in [3.63, 3.8) is 0 Å². The van der Waals surface area contributed by atoms with Crippen molar-refractivity contribution in [3.05, 3.63) is 57.8 Å². The minimum Gasteiger partial charge on any atom is -0.484 e. The third kappa shape index (κ3) is 4.21. The molecule has 0 atom stereocenters. The van der Waals surface area contributed by atoms with Crippen LogP contribution < -0.4 is 10.1 Å². The number of halogens is 3. The van der Waals surface area contributed by atoms with Gasteiger partial charge in [-0.1, -0.05) is 11.6 Å². The number of rotatable bonds is 4. The van der Waals surface area contributed by atoms with Crippen LogP contribution in [0.25, 0.3) is 0 Å². The summed E-state index contributed by atoms with van der Waals surface area (Å²) in [4.78, 5) is 11.7. The quantitative estimate of drug-likeness (QED) is 0.887. The van der Waals surface area contributed by atoms with Crippen molar-refractivity contribution in [2.75, 3.05) is 11.9 Å². The lowest BCUT2D eigenvalue weighted by Gasteiger charge is -2.09. The van der Waals surface area contributed by atoms with Gasteiger partial charge in [0.1, 0.15) is 11.6 Å². The first-order chi connectivity index (χ1) is 9.54. The van der Waals surface area contributed by atoms with Gasteiger partial charge in [0.2, 0.25) is 0 Å².